The highest BCUT2D eigenvalue weighted by Crippen LogP contribution is 2.05. The molecule has 4 N–H and O–H groups in total. The summed E-state index contributed by atoms with van der Waals surface area (Å²) in [6.07, 6.45) is 6.03. The third-order valence-electron chi connectivity index (χ3n) is 2.98. The molecule has 2 aromatic rings. The first-order chi connectivity index (χ1) is 12.0. The van der Waals surface area contributed by atoms with Crippen molar-refractivity contribution in [1.29, 1.82) is 0 Å². The number of nitrogens with zero attached hydrogens (tertiary/aromatic N) is 2. The maximum Gasteiger partial charge on any atom is 0.254 e. The Morgan fingerprint density at radius 3 is 2.60 bits per heavy atom. The summed E-state index contributed by atoms with van der Waals surface area (Å²) < 4.78 is 22.1. The van der Waals surface area contributed by atoms with Crippen molar-refractivity contribution < 1.29 is 23.2 Å². The van der Waals surface area contributed by atoms with Crippen LogP contribution in [-0.2, 0) is 4.79 Å². The number of ketones is 1. The van der Waals surface area contributed by atoms with Crippen LogP contribution in [0.2, 0.25) is 0 Å². The van der Waals surface area contributed by atoms with Crippen LogP contribution in [0.25, 0.3) is 0 Å². The lowest BCUT2D eigenvalue weighted by atomic mass is 10.1. The minimum absolute atomic E-state index is 0.0646. The highest BCUT2D eigenvalue weighted by Gasteiger charge is 2.06. The maximum atomic E-state index is 12.4. The van der Waals surface area contributed by atoms with Crippen molar-refractivity contribution in [3.8, 4) is 5.88 Å². The minimum Gasteiger partial charge on any atom is -0.468 e. The largest absolute Gasteiger partial charge is 0.468 e. The number of rotatable bonds is 9. The molecule has 0 unspecified atom stereocenters. The lowest BCUT2D eigenvalue weighted by molar-refractivity contribution is -0.121. The van der Waals surface area contributed by atoms with E-state index in [1.54, 1.807) is 6.07 Å². The fraction of sp³-hybridized carbons (Fsp3) is 0.375. The topological polar surface area (TPSA) is 134 Å². The first-order valence-corrected chi connectivity index (χ1v) is 7.70. The van der Waals surface area contributed by atoms with Crippen molar-refractivity contribution in [2.75, 3.05) is 13.2 Å². The second kappa shape index (κ2) is 11.7. The van der Waals surface area contributed by atoms with Crippen molar-refractivity contribution in [2.45, 2.75) is 25.7 Å². The summed E-state index contributed by atoms with van der Waals surface area (Å²) in [6, 6.07) is 4.30. The van der Waals surface area contributed by atoms with E-state index in [9.17, 15) is 14.0 Å². The van der Waals surface area contributed by atoms with Gasteiger partial charge in [0.2, 0.25) is 5.95 Å². The van der Waals surface area contributed by atoms with E-state index in [1.807, 2.05) is 0 Å². The Hall–Kier alpha value is -2.81. The van der Waals surface area contributed by atoms with Gasteiger partial charge in [0, 0.05) is 18.7 Å². The second-order valence-electron chi connectivity index (χ2n) is 4.97. The summed E-state index contributed by atoms with van der Waals surface area (Å²) in [5.41, 5.74) is 9.96. The van der Waals surface area contributed by atoms with E-state index < -0.39 is 11.9 Å². The predicted molar refractivity (Wildman–Crippen MR) is 87.2 cm³/mol. The molecule has 1 amide bonds. The first kappa shape index (κ1) is 20.2. The van der Waals surface area contributed by atoms with Gasteiger partial charge in [-0.2, -0.15) is 4.39 Å². The molecule has 136 valence electrons. The Labute approximate surface area is 144 Å². The third-order valence-corrected chi connectivity index (χ3v) is 2.98. The quantitative estimate of drug-likeness (QED) is 0.515. The van der Waals surface area contributed by atoms with Crippen LogP contribution in [0.15, 0.2) is 35.2 Å². The summed E-state index contributed by atoms with van der Waals surface area (Å²) in [5, 5.41) is 3.53. The van der Waals surface area contributed by atoms with Crippen molar-refractivity contribution in [1.82, 2.24) is 10.1 Å². The van der Waals surface area contributed by atoms with Crippen LogP contribution >= 0.6 is 0 Å². The second-order valence-corrected chi connectivity index (χ2v) is 4.97. The molecular weight excluding hydrogens is 331 g/mol. The number of unbranched alkanes of at least 4 members (excludes halogenated alkanes) is 2. The molecule has 0 fully saturated rings. The number of hydrogen-bond acceptors (Lipinski definition) is 7. The average molecular weight is 352 g/mol. The van der Waals surface area contributed by atoms with Gasteiger partial charge in [-0.05, 0) is 36.7 Å². The Bertz CT molecular complexity index is 649. The zero-order valence-corrected chi connectivity index (χ0v) is 13.7. The van der Waals surface area contributed by atoms with E-state index >= 15 is 0 Å². The van der Waals surface area contributed by atoms with Gasteiger partial charge in [-0.1, -0.05) is 6.42 Å². The maximum absolute atomic E-state index is 12.4. The molecule has 0 aliphatic carbocycles. The molecule has 8 nitrogen and oxygen atoms in total. The molecule has 9 heteroatoms. The lowest BCUT2D eigenvalue weighted by Gasteiger charge is -2.01. The molecule has 0 spiro atoms. The van der Waals surface area contributed by atoms with Gasteiger partial charge in [0.1, 0.15) is 12.9 Å². The van der Waals surface area contributed by atoms with Crippen molar-refractivity contribution >= 4 is 11.7 Å². The molecule has 0 saturated heterocycles. The summed E-state index contributed by atoms with van der Waals surface area (Å²) in [6.45, 7) is 0.749. The van der Waals surface area contributed by atoms with E-state index in [0.29, 0.717) is 18.8 Å². The van der Waals surface area contributed by atoms with Crippen LogP contribution in [0.1, 0.15) is 36.0 Å². The van der Waals surface area contributed by atoms with Gasteiger partial charge in [-0.25, -0.2) is 4.98 Å². The minimum atomic E-state index is -0.824. The van der Waals surface area contributed by atoms with Crippen LogP contribution in [0, 0.1) is 5.95 Å². The SMILES string of the molecule is NC(=O)c1cccnc1F.NCCCCCC(=O)COc1ccon1. The molecule has 0 radical (unpaired) electrons. The van der Waals surface area contributed by atoms with Crippen LogP contribution in [0.4, 0.5) is 4.39 Å². The van der Waals surface area contributed by atoms with Gasteiger partial charge >= 0.3 is 0 Å². The smallest absolute Gasteiger partial charge is 0.254 e. The number of halogens is 1. The molecule has 0 aliphatic rings. The van der Waals surface area contributed by atoms with E-state index in [2.05, 4.69) is 14.7 Å². The summed E-state index contributed by atoms with van der Waals surface area (Å²) in [7, 11) is 0. The third kappa shape index (κ3) is 8.56. The highest BCUT2D eigenvalue weighted by molar-refractivity contribution is 5.92. The number of aromatic nitrogens is 2. The Balaban J connectivity index is 0.000000271. The van der Waals surface area contributed by atoms with E-state index in [0.717, 1.165) is 19.3 Å². The van der Waals surface area contributed by atoms with Crippen molar-refractivity contribution in [3.63, 3.8) is 0 Å². The molecule has 25 heavy (non-hydrogen) atoms. The molecule has 0 aliphatic heterocycles. The van der Waals surface area contributed by atoms with Crippen LogP contribution < -0.4 is 16.2 Å². The Morgan fingerprint density at radius 2 is 2.04 bits per heavy atom. The molecule has 0 atom stereocenters. The van der Waals surface area contributed by atoms with Gasteiger partial charge in [0.05, 0.1) is 5.56 Å². The number of amides is 1. The van der Waals surface area contributed by atoms with Crippen LogP contribution in [0.3, 0.4) is 0 Å². The predicted octanol–water partition coefficient (Wildman–Crippen LogP) is 1.46. The number of carbonyl (C=O) groups is 2. The molecule has 0 saturated carbocycles. The number of hydrogen-bond donors (Lipinski definition) is 2. The van der Waals surface area contributed by atoms with Gasteiger partial charge in [-0.3, -0.25) is 9.59 Å². The van der Waals surface area contributed by atoms with Crippen LogP contribution in [-0.4, -0.2) is 35.0 Å². The average Bonchev–Trinajstić information content (AvgIpc) is 3.11. The number of nitrogens with two attached hydrogens (primary N) is 2. The van der Waals surface area contributed by atoms with Gasteiger partial charge in [0.25, 0.3) is 11.8 Å². The molecule has 2 heterocycles. The number of pyridine rings is 1. The standard InChI is InChI=1S/C10H16N2O3.C6H5FN2O/c11-6-3-1-2-4-9(13)8-14-10-5-7-15-12-10;7-5-4(6(8)10)2-1-3-9-5/h5,7H,1-4,6,8,11H2;1-3H,(H2,8,10). The van der Waals surface area contributed by atoms with Gasteiger partial charge in [0.15, 0.2) is 5.78 Å². The highest BCUT2D eigenvalue weighted by atomic mass is 19.1. The van der Waals surface area contributed by atoms with Gasteiger partial charge < -0.3 is 20.7 Å². The molecule has 2 rings (SSSR count). The molecule has 0 bridgehead atoms. The monoisotopic (exact) mass is 352 g/mol. The fourth-order valence-corrected chi connectivity index (χ4v) is 1.72. The lowest BCUT2D eigenvalue weighted by Crippen LogP contribution is -2.13. The van der Waals surface area contributed by atoms with E-state index in [1.165, 1.54) is 24.6 Å². The molecular formula is C16H21FN4O4. The summed E-state index contributed by atoms with van der Waals surface area (Å²) in [4.78, 5) is 24.9. The van der Waals surface area contributed by atoms with E-state index in [-0.39, 0.29) is 18.0 Å². The van der Waals surface area contributed by atoms with Gasteiger partial charge in [-0.15, -0.1) is 0 Å². The first-order valence-electron chi connectivity index (χ1n) is 7.70. The molecule has 0 aromatic carbocycles. The normalized spacial score (nSPS) is 9.84. The number of Topliss-reactive ketones (excluding diaryl/α,β-unsaturated/α-hetero) is 1. The molecule has 2 aromatic heterocycles. The van der Waals surface area contributed by atoms with Crippen molar-refractivity contribution in [2.24, 2.45) is 11.5 Å². The summed E-state index contributed by atoms with van der Waals surface area (Å²) in [5.74, 6) is -1.19. The Kier molecular flexibility index (Phi) is 9.46. The zero-order chi connectivity index (χ0) is 18.5. The fourth-order valence-electron chi connectivity index (χ4n) is 1.72. The number of ether oxygens (including phenoxy) is 1. The van der Waals surface area contributed by atoms with E-state index in [4.69, 9.17) is 16.2 Å². The Morgan fingerprint density at radius 1 is 1.24 bits per heavy atom. The summed E-state index contributed by atoms with van der Waals surface area (Å²) >= 11 is 0. The number of primary amides is 1. The van der Waals surface area contributed by atoms with Crippen LogP contribution in [0.5, 0.6) is 5.88 Å². The number of carbonyl (C=O) groups excluding carboxylic acids is 2. The zero-order valence-electron chi connectivity index (χ0n) is 13.7. The van der Waals surface area contributed by atoms with Crippen molar-refractivity contribution in [3.05, 3.63) is 42.2 Å².